The fourth-order valence-corrected chi connectivity index (χ4v) is 1.93. The predicted molar refractivity (Wildman–Crippen MR) is 67.5 cm³/mol. The van der Waals surface area contributed by atoms with Gasteiger partial charge in [-0.05, 0) is 19.0 Å². The summed E-state index contributed by atoms with van der Waals surface area (Å²) in [6.45, 7) is 3.07. The summed E-state index contributed by atoms with van der Waals surface area (Å²) in [6, 6.07) is 1.61. The number of halogens is 2. The van der Waals surface area contributed by atoms with E-state index >= 15 is 0 Å². The van der Waals surface area contributed by atoms with Crippen molar-refractivity contribution in [2.24, 2.45) is 0 Å². The first-order chi connectivity index (χ1) is 8.02. The molecule has 4 nitrogen and oxygen atoms in total. The minimum atomic E-state index is -0.858. The summed E-state index contributed by atoms with van der Waals surface area (Å²) in [4.78, 5) is 16.6. The maximum atomic E-state index is 10.7. The number of hydrogen-bond donors (Lipinski definition) is 1. The first-order valence-corrected chi connectivity index (χ1v) is 6.02. The van der Waals surface area contributed by atoms with Gasteiger partial charge in [0.15, 0.2) is 0 Å². The van der Waals surface area contributed by atoms with Crippen LogP contribution in [0.4, 0.5) is 0 Å². The lowest BCUT2D eigenvalue weighted by Gasteiger charge is -2.19. The van der Waals surface area contributed by atoms with Crippen molar-refractivity contribution < 1.29 is 9.90 Å². The molecule has 1 N–H and O–H groups in total. The predicted octanol–water partition coefficient (Wildman–Crippen LogP) is 2.69. The zero-order valence-electron chi connectivity index (χ0n) is 9.49. The number of hydrogen-bond acceptors (Lipinski definition) is 3. The SMILES string of the molecule is CCCN(CC(=O)O)Cc1ncc(Cl)cc1Cl. The lowest BCUT2D eigenvalue weighted by Crippen LogP contribution is -2.30. The van der Waals surface area contributed by atoms with E-state index in [0.717, 1.165) is 6.42 Å². The molecule has 0 aliphatic rings. The minimum absolute atomic E-state index is 0.0194. The van der Waals surface area contributed by atoms with Gasteiger partial charge in [-0.3, -0.25) is 14.7 Å². The number of aliphatic carboxylic acids is 1. The Morgan fingerprint density at radius 3 is 2.76 bits per heavy atom. The molecule has 1 aromatic rings. The average molecular weight is 277 g/mol. The van der Waals surface area contributed by atoms with Crippen LogP contribution in [0.1, 0.15) is 19.0 Å². The van der Waals surface area contributed by atoms with Crippen LogP contribution in [0.2, 0.25) is 10.0 Å². The van der Waals surface area contributed by atoms with E-state index in [1.807, 2.05) is 6.92 Å². The van der Waals surface area contributed by atoms with Gasteiger partial charge in [-0.15, -0.1) is 0 Å². The van der Waals surface area contributed by atoms with Crippen molar-refractivity contribution in [2.45, 2.75) is 19.9 Å². The topological polar surface area (TPSA) is 53.4 Å². The van der Waals surface area contributed by atoms with Crippen LogP contribution in [0.5, 0.6) is 0 Å². The fourth-order valence-electron chi connectivity index (χ4n) is 1.49. The van der Waals surface area contributed by atoms with Gasteiger partial charge >= 0.3 is 5.97 Å². The number of carboxylic acids is 1. The molecule has 1 aromatic heterocycles. The van der Waals surface area contributed by atoms with Gasteiger partial charge in [-0.25, -0.2) is 0 Å². The van der Waals surface area contributed by atoms with Crippen LogP contribution >= 0.6 is 23.2 Å². The average Bonchev–Trinajstić information content (AvgIpc) is 2.21. The van der Waals surface area contributed by atoms with E-state index in [-0.39, 0.29) is 6.54 Å². The van der Waals surface area contributed by atoms with Crippen molar-refractivity contribution in [1.82, 2.24) is 9.88 Å². The first kappa shape index (κ1) is 14.2. The summed E-state index contributed by atoms with van der Waals surface area (Å²) in [7, 11) is 0. The second-order valence-corrected chi connectivity index (χ2v) is 4.53. The Morgan fingerprint density at radius 2 is 2.24 bits per heavy atom. The molecule has 0 fully saturated rings. The zero-order chi connectivity index (χ0) is 12.8. The van der Waals surface area contributed by atoms with Crippen LogP contribution in [0.15, 0.2) is 12.3 Å². The molecule has 0 atom stereocenters. The van der Waals surface area contributed by atoms with Crippen molar-refractivity contribution in [2.75, 3.05) is 13.1 Å². The van der Waals surface area contributed by atoms with E-state index in [1.165, 1.54) is 6.20 Å². The second-order valence-electron chi connectivity index (χ2n) is 3.69. The van der Waals surface area contributed by atoms with Gasteiger partial charge in [0.25, 0.3) is 0 Å². The summed E-state index contributed by atoms with van der Waals surface area (Å²) in [6.07, 6.45) is 2.38. The molecule has 94 valence electrons. The maximum absolute atomic E-state index is 10.7. The Bertz CT molecular complexity index is 399. The third-order valence-electron chi connectivity index (χ3n) is 2.16. The second kappa shape index (κ2) is 6.79. The lowest BCUT2D eigenvalue weighted by atomic mass is 10.3. The van der Waals surface area contributed by atoms with Crippen molar-refractivity contribution >= 4 is 29.2 Å². The molecular weight excluding hydrogens is 263 g/mol. The fraction of sp³-hybridized carbons (Fsp3) is 0.455. The summed E-state index contributed by atoms with van der Waals surface area (Å²) in [5.74, 6) is -0.858. The molecule has 0 aliphatic carbocycles. The summed E-state index contributed by atoms with van der Waals surface area (Å²) in [5, 5.41) is 9.72. The molecule has 0 aliphatic heterocycles. The molecule has 0 aromatic carbocycles. The number of pyridine rings is 1. The zero-order valence-corrected chi connectivity index (χ0v) is 11.0. The summed E-state index contributed by atoms with van der Waals surface area (Å²) < 4.78 is 0. The Hall–Kier alpha value is -0.840. The molecule has 0 spiro atoms. The third-order valence-corrected chi connectivity index (χ3v) is 2.69. The van der Waals surface area contributed by atoms with Crippen LogP contribution in [0, 0.1) is 0 Å². The Labute approximate surface area is 110 Å². The minimum Gasteiger partial charge on any atom is -0.480 e. The van der Waals surface area contributed by atoms with Crippen LogP contribution < -0.4 is 0 Å². The highest BCUT2D eigenvalue weighted by Gasteiger charge is 2.12. The molecule has 1 heterocycles. The molecule has 0 bridgehead atoms. The van der Waals surface area contributed by atoms with E-state index in [1.54, 1.807) is 11.0 Å². The molecule has 0 amide bonds. The maximum Gasteiger partial charge on any atom is 0.317 e. The largest absolute Gasteiger partial charge is 0.480 e. The molecule has 0 saturated heterocycles. The van der Waals surface area contributed by atoms with Gasteiger partial charge in [0.1, 0.15) is 0 Å². The third kappa shape index (κ3) is 4.89. The monoisotopic (exact) mass is 276 g/mol. The van der Waals surface area contributed by atoms with Gasteiger partial charge in [-0.2, -0.15) is 0 Å². The van der Waals surface area contributed by atoms with E-state index in [2.05, 4.69) is 4.98 Å². The van der Waals surface area contributed by atoms with E-state index in [0.29, 0.717) is 28.8 Å². The molecule has 6 heteroatoms. The van der Waals surface area contributed by atoms with Crippen molar-refractivity contribution in [3.05, 3.63) is 28.0 Å². The van der Waals surface area contributed by atoms with Gasteiger partial charge in [0, 0.05) is 12.7 Å². The van der Waals surface area contributed by atoms with Crippen LogP contribution in [-0.4, -0.2) is 34.0 Å². The number of aromatic nitrogens is 1. The first-order valence-electron chi connectivity index (χ1n) is 5.27. The molecule has 17 heavy (non-hydrogen) atoms. The number of carbonyl (C=O) groups is 1. The molecule has 0 saturated carbocycles. The number of carboxylic acid groups (broad SMARTS) is 1. The highest BCUT2D eigenvalue weighted by molar-refractivity contribution is 6.34. The smallest absolute Gasteiger partial charge is 0.317 e. The Balaban J connectivity index is 2.74. The quantitative estimate of drug-likeness (QED) is 0.868. The molecule has 1 rings (SSSR count). The number of rotatable bonds is 6. The van der Waals surface area contributed by atoms with E-state index in [9.17, 15) is 4.79 Å². The van der Waals surface area contributed by atoms with Crippen LogP contribution in [-0.2, 0) is 11.3 Å². The molecule has 0 unspecified atom stereocenters. The van der Waals surface area contributed by atoms with Crippen LogP contribution in [0.25, 0.3) is 0 Å². The standard InChI is InChI=1S/C11H14Cl2N2O2/c1-2-3-15(7-11(16)17)6-10-9(13)4-8(12)5-14-10/h4-5H,2-3,6-7H2,1H3,(H,16,17). The van der Waals surface area contributed by atoms with Gasteiger partial charge in [0.2, 0.25) is 0 Å². The Kier molecular flexibility index (Phi) is 5.68. The molecular formula is C11H14Cl2N2O2. The summed E-state index contributed by atoms with van der Waals surface area (Å²) >= 11 is 11.7. The summed E-state index contributed by atoms with van der Waals surface area (Å²) in [5.41, 5.74) is 0.644. The normalized spacial score (nSPS) is 10.8. The highest BCUT2D eigenvalue weighted by atomic mass is 35.5. The van der Waals surface area contributed by atoms with Crippen LogP contribution in [0.3, 0.4) is 0 Å². The van der Waals surface area contributed by atoms with Gasteiger partial charge in [-0.1, -0.05) is 30.1 Å². The highest BCUT2D eigenvalue weighted by Crippen LogP contribution is 2.19. The van der Waals surface area contributed by atoms with Crippen molar-refractivity contribution in [3.63, 3.8) is 0 Å². The number of nitrogens with zero attached hydrogens (tertiary/aromatic N) is 2. The van der Waals surface area contributed by atoms with E-state index < -0.39 is 5.97 Å². The van der Waals surface area contributed by atoms with Crippen molar-refractivity contribution in [3.8, 4) is 0 Å². The van der Waals surface area contributed by atoms with Crippen molar-refractivity contribution in [1.29, 1.82) is 0 Å². The van der Waals surface area contributed by atoms with E-state index in [4.69, 9.17) is 28.3 Å². The molecule has 0 radical (unpaired) electrons. The van der Waals surface area contributed by atoms with Gasteiger partial charge < -0.3 is 5.11 Å². The Morgan fingerprint density at radius 1 is 1.53 bits per heavy atom. The lowest BCUT2D eigenvalue weighted by molar-refractivity contribution is -0.138. The van der Waals surface area contributed by atoms with Gasteiger partial charge in [0.05, 0.1) is 22.3 Å².